The summed E-state index contributed by atoms with van der Waals surface area (Å²) in [5, 5.41) is 13.5. The summed E-state index contributed by atoms with van der Waals surface area (Å²) in [6, 6.07) is 14.6. The molecule has 0 aliphatic carbocycles. The molecule has 11 heteroatoms. The Kier molecular flexibility index (Phi) is 10.5. The predicted octanol–water partition coefficient (Wildman–Crippen LogP) is 3.93. The molecule has 4 heterocycles. The Morgan fingerprint density at radius 2 is 1.70 bits per heavy atom. The number of carbonyl (C=O) groups is 4. The number of amides is 3. The van der Waals surface area contributed by atoms with Gasteiger partial charge in [0.1, 0.15) is 23.7 Å². The highest BCUT2D eigenvalue weighted by Crippen LogP contribution is 2.54. The maximum atomic E-state index is 14.9. The van der Waals surface area contributed by atoms with Crippen molar-refractivity contribution in [3.63, 3.8) is 0 Å². The number of anilines is 2. The van der Waals surface area contributed by atoms with E-state index < -0.39 is 59.6 Å². The zero-order chi connectivity index (χ0) is 35.6. The number of rotatable bonds is 8. The van der Waals surface area contributed by atoms with Crippen LogP contribution in [-0.2, 0) is 28.7 Å². The van der Waals surface area contributed by atoms with Gasteiger partial charge in [0.25, 0.3) is 5.91 Å². The molecule has 0 unspecified atom stereocenters. The van der Waals surface area contributed by atoms with Gasteiger partial charge in [-0.25, -0.2) is 0 Å². The molecule has 266 valence electrons. The standard InChI is InChI=1S/C39H48N4O7/c1-5-27(24-44)43-35-37(47)42(29-20-18-28(19-21-29)41(6-2)7-3)23-13-22-39(35)33(36(43)46)32-30(50-39)16-11-12-17-31(45)40-25(4)34(49-38(32)48)26-14-9-8-10-15-26/h8-11,13-16,18-22,25,27,30,32-35,44H,5-7,12,17,23-24H2,1-4H3,(H,40,45)/b16-11-/t25-,27+,30-,32+,33+,34+,35-,39+/m1/s1. The monoisotopic (exact) mass is 684 g/mol. The molecule has 0 aromatic heterocycles. The fourth-order valence-corrected chi connectivity index (χ4v) is 8.12. The molecule has 4 aliphatic heterocycles. The molecule has 11 nitrogen and oxygen atoms in total. The normalized spacial score (nSPS) is 31.0. The van der Waals surface area contributed by atoms with Gasteiger partial charge >= 0.3 is 5.97 Å². The zero-order valence-electron chi connectivity index (χ0n) is 29.2. The molecule has 8 atom stereocenters. The second-order valence-corrected chi connectivity index (χ2v) is 13.5. The van der Waals surface area contributed by atoms with Crippen molar-refractivity contribution in [1.29, 1.82) is 0 Å². The molecule has 2 saturated heterocycles. The second-order valence-electron chi connectivity index (χ2n) is 13.5. The van der Waals surface area contributed by atoms with Crippen molar-refractivity contribution in [3.05, 3.63) is 84.5 Å². The van der Waals surface area contributed by atoms with Gasteiger partial charge in [0, 0.05) is 37.4 Å². The molecule has 3 amide bonds. The first-order chi connectivity index (χ1) is 24.2. The van der Waals surface area contributed by atoms with Crippen LogP contribution in [0.5, 0.6) is 0 Å². The molecule has 50 heavy (non-hydrogen) atoms. The van der Waals surface area contributed by atoms with Gasteiger partial charge in [-0.2, -0.15) is 0 Å². The largest absolute Gasteiger partial charge is 0.455 e. The highest BCUT2D eigenvalue weighted by molar-refractivity contribution is 6.05. The average Bonchev–Trinajstić information content (AvgIpc) is 3.51. The SMILES string of the molecule is CC[C@@H](CO)N1C(=O)[C@@H]2[C@H]3C(=O)O[C@H](c4ccccc4)[C@@H](C)NC(=O)CC/C=C\[C@H]3O[C@@]23C=CCN(c2ccc(N(CC)CC)cc2)C(=O)[C@@H]13. The lowest BCUT2D eigenvalue weighted by molar-refractivity contribution is -0.161. The Bertz CT molecular complexity index is 1620. The van der Waals surface area contributed by atoms with E-state index in [1.165, 1.54) is 4.90 Å². The lowest BCUT2D eigenvalue weighted by atomic mass is 9.77. The van der Waals surface area contributed by atoms with Crippen LogP contribution in [0.3, 0.4) is 0 Å². The number of benzene rings is 2. The number of nitrogens with zero attached hydrogens (tertiary/aromatic N) is 3. The molecule has 2 N–H and O–H groups in total. The third kappa shape index (κ3) is 6.21. The summed E-state index contributed by atoms with van der Waals surface area (Å²) in [6.07, 6.45) is 6.39. The van der Waals surface area contributed by atoms with Gasteiger partial charge in [-0.1, -0.05) is 61.6 Å². The maximum Gasteiger partial charge on any atom is 0.313 e. The Labute approximate surface area is 293 Å². The van der Waals surface area contributed by atoms with Gasteiger partial charge in [0.05, 0.1) is 30.7 Å². The minimum atomic E-state index is -1.51. The summed E-state index contributed by atoms with van der Waals surface area (Å²) in [4.78, 5) is 62.2. The number of nitrogens with one attached hydrogen (secondary N) is 1. The summed E-state index contributed by atoms with van der Waals surface area (Å²) in [5.41, 5.74) is 0.896. The van der Waals surface area contributed by atoms with E-state index in [4.69, 9.17) is 9.47 Å². The number of fused-ring (bicyclic) bond motifs is 2. The smallest absolute Gasteiger partial charge is 0.313 e. The van der Waals surface area contributed by atoms with Gasteiger partial charge in [0.2, 0.25) is 11.8 Å². The number of hydrogen-bond acceptors (Lipinski definition) is 8. The van der Waals surface area contributed by atoms with Crippen molar-refractivity contribution in [1.82, 2.24) is 10.2 Å². The highest BCUT2D eigenvalue weighted by atomic mass is 16.6. The molecule has 2 fully saturated rings. The maximum absolute atomic E-state index is 14.9. The molecule has 0 bridgehead atoms. The van der Waals surface area contributed by atoms with Gasteiger partial charge in [-0.3, -0.25) is 19.2 Å². The quantitative estimate of drug-likeness (QED) is 0.317. The molecular formula is C39H48N4O7. The number of aliphatic hydroxyl groups is 1. The van der Waals surface area contributed by atoms with E-state index in [9.17, 15) is 24.3 Å². The fraction of sp³-hybridized carbons (Fsp3) is 0.487. The Morgan fingerprint density at radius 3 is 2.36 bits per heavy atom. The Balaban J connectivity index is 1.43. The molecule has 2 aromatic rings. The topological polar surface area (TPSA) is 129 Å². The van der Waals surface area contributed by atoms with Crippen LogP contribution in [0.4, 0.5) is 11.4 Å². The molecule has 4 aliphatic rings. The van der Waals surface area contributed by atoms with E-state index in [2.05, 4.69) is 24.1 Å². The first-order valence-electron chi connectivity index (χ1n) is 17.8. The molecule has 0 saturated carbocycles. The molecule has 0 radical (unpaired) electrons. The second kappa shape index (κ2) is 14.8. The number of aliphatic hydroxyl groups excluding tert-OH is 1. The molecular weight excluding hydrogens is 636 g/mol. The summed E-state index contributed by atoms with van der Waals surface area (Å²) >= 11 is 0. The first kappa shape index (κ1) is 35.3. The van der Waals surface area contributed by atoms with Crippen LogP contribution in [0.25, 0.3) is 0 Å². The van der Waals surface area contributed by atoms with Crippen molar-refractivity contribution < 1.29 is 33.8 Å². The van der Waals surface area contributed by atoms with Crippen LogP contribution in [-0.4, -0.2) is 89.8 Å². The van der Waals surface area contributed by atoms with Crippen LogP contribution in [0.15, 0.2) is 78.9 Å². The number of likely N-dealkylation sites (tertiary alicyclic amines) is 1. The lowest BCUT2D eigenvalue weighted by Crippen LogP contribution is -2.58. The summed E-state index contributed by atoms with van der Waals surface area (Å²) in [5.74, 6) is -3.80. The van der Waals surface area contributed by atoms with Crippen LogP contribution >= 0.6 is 0 Å². The van der Waals surface area contributed by atoms with Gasteiger partial charge in [-0.05, 0) is 63.4 Å². The van der Waals surface area contributed by atoms with Crippen LogP contribution < -0.4 is 15.1 Å². The number of esters is 1. The van der Waals surface area contributed by atoms with E-state index in [0.29, 0.717) is 24.1 Å². The van der Waals surface area contributed by atoms with Gasteiger partial charge < -0.3 is 34.6 Å². The van der Waals surface area contributed by atoms with Crippen LogP contribution in [0, 0.1) is 11.8 Å². The third-order valence-electron chi connectivity index (χ3n) is 10.6. The number of ether oxygens (including phenoxy) is 2. The van der Waals surface area contributed by atoms with E-state index in [0.717, 1.165) is 18.8 Å². The van der Waals surface area contributed by atoms with Gasteiger partial charge in [-0.15, -0.1) is 0 Å². The number of allylic oxidation sites excluding steroid dienone is 1. The zero-order valence-corrected chi connectivity index (χ0v) is 29.2. The fourth-order valence-electron chi connectivity index (χ4n) is 8.12. The van der Waals surface area contributed by atoms with E-state index in [-0.39, 0.29) is 31.4 Å². The van der Waals surface area contributed by atoms with E-state index >= 15 is 0 Å². The van der Waals surface area contributed by atoms with Crippen molar-refractivity contribution in [2.24, 2.45) is 11.8 Å². The summed E-state index contributed by atoms with van der Waals surface area (Å²) in [7, 11) is 0. The Morgan fingerprint density at radius 1 is 0.980 bits per heavy atom. The Hall–Kier alpha value is -4.48. The minimum absolute atomic E-state index is 0.179. The lowest BCUT2D eigenvalue weighted by Gasteiger charge is -2.38. The number of cyclic esters (lactones) is 1. The van der Waals surface area contributed by atoms with E-state index in [1.807, 2.05) is 67.6 Å². The van der Waals surface area contributed by atoms with Crippen LogP contribution in [0.2, 0.25) is 0 Å². The van der Waals surface area contributed by atoms with Crippen molar-refractivity contribution in [3.8, 4) is 0 Å². The van der Waals surface area contributed by atoms with E-state index in [1.54, 1.807) is 30.1 Å². The van der Waals surface area contributed by atoms with Crippen molar-refractivity contribution in [2.45, 2.75) is 82.9 Å². The van der Waals surface area contributed by atoms with Crippen molar-refractivity contribution >= 4 is 35.1 Å². The number of hydrogen-bond donors (Lipinski definition) is 2. The third-order valence-corrected chi connectivity index (χ3v) is 10.6. The molecule has 2 aromatic carbocycles. The summed E-state index contributed by atoms with van der Waals surface area (Å²) < 4.78 is 13.1. The first-order valence-corrected chi connectivity index (χ1v) is 17.8. The van der Waals surface area contributed by atoms with Crippen LogP contribution in [0.1, 0.15) is 58.6 Å². The van der Waals surface area contributed by atoms with Gasteiger partial charge in [0.15, 0.2) is 0 Å². The highest BCUT2D eigenvalue weighted by Gasteiger charge is 2.72. The number of carbonyl (C=O) groups excluding carboxylic acids is 4. The molecule has 1 spiro atoms. The van der Waals surface area contributed by atoms with Crippen molar-refractivity contribution in [2.75, 3.05) is 36.0 Å². The minimum Gasteiger partial charge on any atom is -0.455 e. The predicted molar refractivity (Wildman–Crippen MR) is 189 cm³/mol. The summed E-state index contributed by atoms with van der Waals surface area (Å²) in [6.45, 7) is 9.38. The average molecular weight is 685 g/mol. The molecule has 6 rings (SSSR count).